The molecule has 0 radical (unpaired) electrons. The topological polar surface area (TPSA) is 56.5 Å². The second-order valence-corrected chi connectivity index (χ2v) is 2.46. The van der Waals surface area contributed by atoms with Crippen LogP contribution in [0.4, 0.5) is 0 Å². The number of carbonyl (C=O) groups excluding carboxylic acids is 1. The van der Waals surface area contributed by atoms with Gasteiger partial charge in [0.2, 0.25) is 5.82 Å². The van der Waals surface area contributed by atoms with E-state index >= 15 is 0 Å². The zero-order chi connectivity index (χ0) is 9.26. The monoisotopic (exact) mass is 177 g/mol. The molecular formula is C8H7N3O2. The molecule has 2 heterocycles. The summed E-state index contributed by atoms with van der Waals surface area (Å²) in [6.07, 6.45) is 2.27. The number of methoxy groups -OCH3 is 1. The first kappa shape index (κ1) is 7.72. The number of hydrogen-bond donors (Lipinski definition) is 0. The third-order valence-corrected chi connectivity index (χ3v) is 1.66. The van der Waals surface area contributed by atoms with Crippen molar-refractivity contribution in [2.45, 2.75) is 0 Å². The SMILES string of the molecule is COc1ccc2nc(C=O)nn2c1. The molecule has 2 aromatic heterocycles. The van der Waals surface area contributed by atoms with E-state index in [1.165, 1.54) is 4.52 Å². The van der Waals surface area contributed by atoms with E-state index in [1.54, 1.807) is 25.4 Å². The Labute approximate surface area is 74.0 Å². The van der Waals surface area contributed by atoms with E-state index in [9.17, 15) is 4.79 Å². The molecule has 2 aromatic rings. The standard InChI is InChI=1S/C8H7N3O2/c1-13-6-2-3-8-9-7(5-12)10-11(8)4-6/h2-5H,1H3. The van der Waals surface area contributed by atoms with Crippen LogP contribution in [0.15, 0.2) is 18.3 Å². The molecular weight excluding hydrogens is 170 g/mol. The van der Waals surface area contributed by atoms with Gasteiger partial charge in [-0.2, -0.15) is 0 Å². The third kappa shape index (κ3) is 1.24. The average Bonchev–Trinajstić information content (AvgIpc) is 2.58. The van der Waals surface area contributed by atoms with Gasteiger partial charge in [-0.3, -0.25) is 4.79 Å². The van der Waals surface area contributed by atoms with Crippen molar-refractivity contribution in [3.8, 4) is 5.75 Å². The number of rotatable bonds is 2. The van der Waals surface area contributed by atoms with Crippen molar-refractivity contribution >= 4 is 11.9 Å². The summed E-state index contributed by atoms with van der Waals surface area (Å²) in [5.41, 5.74) is 0.628. The Morgan fingerprint density at radius 1 is 1.54 bits per heavy atom. The van der Waals surface area contributed by atoms with E-state index in [1.807, 2.05) is 0 Å². The summed E-state index contributed by atoms with van der Waals surface area (Å²) in [5.74, 6) is 0.850. The minimum atomic E-state index is 0.174. The van der Waals surface area contributed by atoms with Crippen LogP contribution >= 0.6 is 0 Å². The Kier molecular flexibility index (Phi) is 1.70. The predicted molar refractivity (Wildman–Crippen MR) is 44.9 cm³/mol. The first-order valence-corrected chi connectivity index (χ1v) is 3.69. The van der Waals surface area contributed by atoms with E-state index in [-0.39, 0.29) is 5.82 Å². The second-order valence-electron chi connectivity index (χ2n) is 2.46. The molecule has 13 heavy (non-hydrogen) atoms. The Hall–Kier alpha value is -1.91. The smallest absolute Gasteiger partial charge is 0.214 e. The normalized spacial score (nSPS) is 10.2. The van der Waals surface area contributed by atoms with E-state index in [2.05, 4.69) is 10.1 Å². The number of aldehydes is 1. The van der Waals surface area contributed by atoms with Gasteiger partial charge in [-0.25, -0.2) is 9.50 Å². The fourth-order valence-corrected chi connectivity index (χ4v) is 1.05. The van der Waals surface area contributed by atoms with Crippen molar-refractivity contribution in [1.82, 2.24) is 14.6 Å². The first-order valence-electron chi connectivity index (χ1n) is 3.69. The lowest BCUT2D eigenvalue weighted by Crippen LogP contribution is -1.90. The van der Waals surface area contributed by atoms with Gasteiger partial charge in [-0.1, -0.05) is 0 Å². The Morgan fingerprint density at radius 3 is 3.08 bits per heavy atom. The van der Waals surface area contributed by atoms with Crippen LogP contribution in [0.2, 0.25) is 0 Å². The summed E-state index contributed by atoms with van der Waals surface area (Å²) in [5, 5.41) is 3.90. The van der Waals surface area contributed by atoms with Gasteiger partial charge in [0.05, 0.1) is 13.3 Å². The summed E-state index contributed by atoms with van der Waals surface area (Å²) < 4.78 is 6.49. The van der Waals surface area contributed by atoms with Crippen LogP contribution in [0.5, 0.6) is 5.75 Å². The molecule has 0 fully saturated rings. The number of nitrogens with zero attached hydrogens (tertiary/aromatic N) is 3. The lowest BCUT2D eigenvalue weighted by atomic mass is 10.4. The van der Waals surface area contributed by atoms with Crippen LogP contribution in [-0.4, -0.2) is 28.0 Å². The highest BCUT2D eigenvalue weighted by atomic mass is 16.5. The summed E-state index contributed by atoms with van der Waals surface area (Å²) >= 11 is 0. The van der Waals surface area contributed by atoms with Gasteiger partial charge in [0.25, 0.3) is 0 Å². The van der Waals surface area contributed by atoms with Gasteiger partial charge < -0.3 is 4.74 Å². The van der Waals surface area contributed by atoms with Crippen LogP contribution in [0.1, 0.15) is 10.6 Å². The molecule has 5 heteroatoms. The molecule has 0 aliphatic rings. The number of hydrogen-bond acceptors (Lipinski definition) is 4. The van der Waals surface area contributed by atoms with E-state index in [0.717, 1.165) is 0 Å². The molecule has 0 atom stereocenters. The Morgan fingerprint density at radius 2 is 2.38 bits per heavy atom. The zero-order valence-corrected chi connectivity index (χ0v) is 6.97. The number of carbonyl (C=O) groups is 1. The molecule has 0 bridgehead atoms. The van der Waals surface area contributed by atoms with E-state index < -0.39 is 0 Å². The van der Waals surface area contributed by atoms with Gasteiger partial charge in [-0.05, 0) is 12.1 Å². The second kappa shape index (κ2) is 2.85. The highest BCUT2D eigenvalue weighted by Gasteiger charge is 2.02. The maximum Gasteiger partial charge on any atom is 0.214 e. The van der Waals surface area contributed by atoms with Crippen LogP contribution < -0.4 is 4.74 Å². The van der Waals surface area contributed by atoms with Crippen LogP contribution in [0.25, 0.3) is 5.65 Å². The highest BCUT2D eigenvalue weighted by Crippen LogP contribution is 2.10. The van der Waals surface area contributed by atoms with Gasteiger partial charge >= 0.3 is 0 Å². The fourth-order valence-electron chi connectivity index (χ4n) is 1.05. The number of pyridine rings is 1. The van der Waals surface area contributed by atoms with Gasteiger partial charge in [0.15, 0.2) is 11.9 Å². The molecule has 2 rings (SSSR count). The molecule has 0 aromatic carbocycles. The van der Waals surface area contributed by atoms with Crippen LogP contribution in [0, 0.1) is 0 Å². The number of fused-ring (bicyclic) bond motifs is 1. The molecule has 0 spiro atoms. The van der Waals surface area contributed by atoms with Crippen molar-refractivity contribution in [3.63, 3.8) is 0 Å². The average molecular weight is 177 g/mol. The predicted octanol–water partition coefficient (Wildman–Crippen LogP) is 0.550. The summed E-state index contributed by atoms with van der Waals surface area (Å²) in [6, 6.07) is 3.50. The van der Waals surface area contributed by atoms with Crippen LogP contribution in [-0.2, 0) is 0 Å². The molecule has 0 saturated carbocycles. The maximum absolute atomic E-state index is 10.4. The number of aromatic nitrogens is 3. The van der Waals surface area contributed by atoms with Crippen molar-refractivity contribution in [3.05, 3.63) is 24.2 Å². The van der Waals surface area contributed by atoms with Crippen molar-refractivity contribution in [2.24, 2.45) is 0 Å². The molecule has 5 nitrogen and oxygen atoms in total. The zero-order valence-electron chi connectivity index (χ0n) is 6.97. The molecule has 66 valence electrons. The lowest BCUT2D eigenvalue weighted by Gasteiger charge is -1.97. The first-order chi connectivity index (χ1) is 6.33. The van der Waals surface area contributed by atoms with Gasteiger partial charge in [0.1, 0.15) is 5.75 Å². The maximum atomic E-state index is 10.4. The summed E-state index contributed by atoms with van der Waals surface area (Å²) in [4.78, 5) is 14.3. The molecule has 0 amide bonds. The van der Waals surface area contributed by atoms with E-state index in [0.29, 0.717) is 17.7 Å². The fraction of sp³-hybridized carbons (Fsp3) is 0.125. The third-order valence-electron chi connectivity index (χ3n) is 1.66. The molecule has 0 unspecified atom stereocenters. The van der Waals surface area contributed by atoms with Crippen molar-refractivity contribution in [2.75, 3.05) is 7.11 Å². The summed E-state index contributed by atoms with van der Waals surface area (Å²) in [7, 11) is 1.57. The Balaban J connectivity index is 2.63. The lowest BCUT2D eigenvalue weighted by molar-refractivity contribution is 0.111. The molecule has 0 saturated heterocycles. The van der Waals surface area contributed by atoms with E-state index in [4.69, 9.17) is 4.74 Å². The Bertz CT molecular complexity index is 450. The highest BCUT2D eigenvalue weighted by molar-refractivity contribution is 5.70. The molecule has 0 N–H and O–H groups in total. The molecule has 0 aliphatic heterocycles. The summed E-state index contributed by atoms with van der Waals surface area (Å²) in [6.45, 7) is 0. The quantitative estimate of drug-likeness (QED) is 0.628. The molecule has 0 aliphatic carbocycles. The minimum absolute atomic E-state index is 0.174. The van der Waals surface area contributed by atoms with Gasteiger partial charge in [-0.15, -0.1) is 5.10 Å². The number of ether oxygens (including phenoxy) is 1. The van der Waals surface area contributed by atoms with Crippen molar-refractivity contribution < 1.29 is 9.53 Å². The largest absolute Gasteiger partial charge is 0.495 e. The van der Waals surface area contributed by atoms with Crippen LogP contribution in [0.3, 0.4) is 0 Å². The van der Waals surface area contributed by atoms with Crippen molar-refractivity contribution in [1.29, 1.82) is 0 Å². The van der Waals surface area contributed by atoms with Gasteiger partial charge in [0, 0.05) is 0 Å². The minimum Gasteiger partial charge on any atom is -0.495 e.